The van der Waals surface area contributed by atoms with Crippen LogP contribution in [0.5, 0.6) is 5.75 Å². The van der Waals surface area contributed by atoms with E-state index in [1.54, 1.807) is 24.3 Å². The van der Waals surface area contributed by atoms with Gasteiger partial charge >= 0.3 is 0 Å². The predicted molar refractivity (Wildman–Crippen MR) is 101 cm³/mol. The van der Waals surface area contributed by atoms with Crippen molar-refractivity contribution in [2.45, 2.75) is 12.8 Å². The zero-order valence-electron chi connectivity index (χ0n) is 14.0. The van der Waals surface area contributed by atoms with E-state index in [4.69, 9.17) is 0 Å². The molecular formula is C19H18FN3O2S. The molecule has 134 valence electrons. The molecule has 1 aliphatic heterocycles. The smallest absolute Gasteiger partial charge is 0.227 e. The first-order valence-electron chi connectivity index (χ1n) is 8.49. The Morgan fingerprint density at radius 2 is 2.04 bits per heavy atom. The van der Waals surface area contributed by atoms with E-state index >= 15 is 0 Å². The Morgan fingerprint density at radius 1 is 1.23 bits per heavy atom. The summed E-state index contributed by atoms with van der Waals surface area (Å²) in [6, 6.07) is 11.2. The third-order valence-corrected chi connectivity index (χ3v) is 5.67. The van der Waals surface area contributed by atoms with Crippen molar-refractivity contribution in [3.8, 4) is 5.75 Å². The number of nitrogens with zero attached hydrogens (tertiary/aromatic N) is 2. The maximum absolute atomic E-state index is 13.3. The largest absolute Gasteiger partial charge is 0.508 e. The van der Waals surface area contributed by atoms with Gasteiger partial charge in [-0.05, 0) is 43.2 Å². The Bertz CT molecular complexity index is 951. The van der Waals surface area contributed by atoms with Crippen molar-refractivity contribution < 1.29 is 14.3 Å². The predicted octanol–water partition coefficient (Wildman–Crippen LogP) is 4.00. The van der Waals surface area contributed by atoms with Gasteiger partial charge in [0.25, 0.3) is 0 Å². The number of piperidine rings is 1. The van der Waals surface area contributed by atoms with Gasteiger partial charge in [0, 0.05) is 30.8 Å². The molecule has 3 aromatic rings. The highest BCUT2D eigenvalue weighted by Crippen LogP contribution is 2.32. The number of benzene rings is 2. The van der Waals surface area contributed by atoms with Gasteiger partial charge in [0.15, 0.2) is 5.13 Å². The van der Waals surface area contributed by atoms with Crippen molar-refractivity contribution in [2.75, 3.05) is 23.3 Å². The standard InChI is InChI=1S/C19H18FN3O2S/c20-13-4-5-16-17(10-13)26-19(22-16)23-8-6-12(7-9-23)18(25)21-14-2-1-3-15(24)11-14/h1-5,10-12,24H,6-9H2,(H,21,25). The number of phenolic OH excluding ortho intramolecular Hbond substituents is 1. The molecule has 0 spiro atoms. The first kappa shape index (κ1) is 16.8. The highest BCUT2D eigenvalue weighted by molar-refractivity contribution is 7.22. The van der Waals surface area contributed by atoms with Gasteiger partial charge in [0.1, 0.15) is 11.6 Å². The summed E-state index contributed by atoms with van der Waals surface area (Å²) in [4.78, 5) is 19.2. The monoisotopic (exact) mass is 371 g/mol. The SMILES string of the molecule is O=C(Nc1cccc(O)c1)C1CCN(c2nc3ccc(F)cc3s2)CC1. The minimum atomic E-state index is -0.255. The quantitative estimate of drug-likeness (QED) is 0.730. The molecule has 2 N–H and O–H groups in total. The van der Waals surface area contributed by atoms with Gasteiger partial charge in [0.05, 0.1) is 10.2 Å². The number of phenols is 1. The zero-order valence-corrected chi connectivity index (χ0v) is 14.8. The molecule has 1 saturated heterocycles. The Kier molecular flexibility index (Phi) is 4.46. The average molecular weight is 371 g/mol. The van der Waals surface area contributed by atoms with Gasteiger partial charge in [0.2, 0.25) is 5.91 Å². The van der Waals surface area contributed by atoms with E-state index in [1.807, 2.05) is 0 Å². The molecule has 0 bridgehead atoms. The number of rotatable bonds is 3. The molecule has 26 heavy (non-hydrogen) atoms. The molecule has 0 saturated carbocycles. The van der Waals surface area contributed by atoms with Crippen molar-refractivity contribution >= 4 is 38.3 Å². The summed E-state index contributed by atoms with van der Waals surface area (Å²) in [6.07, 6.45) is 1.46. The van der Waals surface area contributed by atoms with Gasteiger partial charge in [-0.25, -0.2) is 9.37 Å². The van der Waals surface area contributed by atoms with E-state index in [0.29, 0.717) is 5.69 Å². The lowest BCUT2D eigenvalue weighted by Gasteiger charge is -2.31. The minimum Gasteiger partial charge on any atom is -0.508 e. The third-order valence-electron chi connectivity index (χ3n) is 4.59. The number of aromatic hydroxyl groups is 1. The lowest BCUT2D eigenvalue weighted by Crippen LogP contribution is -2.38. The molecule has 1 amide bonds. The van der Waals surface area contributed by atoms with E-state index < -0.39 is 0 Å². The Balaban J connectivity index is 1.39. The topological polar surface area (TPSA) is 65.5 Å². The van der Waals surface area contributed by atoms with Gasteiger partial charge in [-0.2, -0.15) is 0 Å². The average Bonchev–Trinajstić information content (AvgIpc) is 3.05. The number of halogens is 1. The molecule has 2 heterocycles. The number of aromatic nitrogens is 1. The van der Waals surface area contributed by atoms with Crippen LogP contribution in [0.2, 0.25) is 0 Å². The lowest BCUT2D eigenvalue weighted by atomic mass is 9.96. The number of carbonyl (C=O) groups excluding carboxylic acids is 1. The second kappa shape index (κ2) is 6.92. The van der Waals surface area contributed by atoms with Gasteiger partial charge < -0.3 is 15.3 Å². The van der Waals surface area contributed by atoms with Gasteiger partial charge in [-0.1, -0.05) is 17.4 Å². The van der Waals surface area contributed by atoms with E-state index in [2.05, 4.69) is 15.2 Å². The molecule has 1 fully saturated rings. The molecule has 7 heteroatoms. The van der Waals surface area contributed by atoms with E-state index in [9.17, 15) is 14.3 Å². The van der Waals surface area contributed by atoms with Crippen LogP contribution in [-0.2, 0) is 4.79 Å². The maximum Gasteiger partial charge on any atom is 0.227 e. The molecule has 0 radical (unpaired) electrons. The maximum atomic E-state index is 13.3. The van der Waals surface area contributed by atoms with Gasteiger partial charge in [-0.3, -0.25) is 4.79 Å². The highest BCUT2D eigenvalue weighted by Gasteiger charge is 2.26. The van der Waals surface area contributed by atoms with E-state index in [-0.39, 0.29) is 23.4 Å². The zero-order chi connectivity index (χ0) is 18.1. The fourth-order valence-electron chi connectivity index (χ4n) is 3.18. The molecular weight excluding hydrogens is 353 g/mol. The molecule has 0 unspecified atom stereocenters. The number of carbonyl (C=O) groups is 1. The number of hydrogen-bond donors (Lipinski definition) is 2. The molecule has 4 rings (SSSR count). The van der Waals surface area contributed by atoms with Crippen LogP contribution in [0.1, 0.15) is 12.8 Å². The number of amides is 1. The summed E-state index contributed by atoms with van der Waals surface area (Å²) < 4.78 is 14.2. The van der Waals surface area contributed by atoms with Crippen LogP contribution < -0.4 is 10.2 Å². The lowest BCUT2D eigenvalue weighted by molar-refractivity contribution is -0.120. The van der Waals surface area contributed by atoms with Crippen LogP contribution in [0.25, 0.3) is 10.2 Å². The van der Waals surface area contributed by atoms with Crippen molar-refractivity contribution in [3.63, 3.8) is 0 Å². The van der Waals surface area contributed by atoms with Crippen LogP contribution in [0, 0.1) is 11.7 Å². The summed E-state index contributed by atoms with van der Waals surface area (Å²) in [5.74, 6) is -0.220. The van der Waals surface area contributed by atoms with Gasteiger partial charge in [-0.15, -0.1) is 0 Å². The summed E-state index contributed by atoms with van der Waals surface area (Å²) >= 11 is 1.48. The molecule has 1 aliphatic rings. The van der Waals surface area contributed by atoms with E-state index in [0.717, 1.165) is 41.3 Å². The van der Waals surface area contributed by atoms with Crippen LogP contribution >= 0.6 is 11.3 Å². The van der Waals surface area contributed by atoms with Crippen molar-refractivity contribution in [2.24, 2.45) is 5.92 Å². The number of fused-ring (bicyclic) bond motifs is 1. The summed E-state index contributed by atoms with van der Waals surface area (Å²) in [6.45, 7) is 1.47. The number of anilines is 2. The second-order valence-electron chi connectivity index (χ2n) is 6.41. The third kappa shape index (κ3) is 3.48. The molecule has 0 atom stereocenters. The van der Waals surface area contributed by atoms with Crippen LogP contribution in [0.15, 0.2) is 42.5 Å². The van der Waals surface area contributed by atoms with Crippen LogP contribution in [0.4, 0.5) is 15.2 Å². The molecule has 0 aliphatic carbocycles. The van der Waals surface area contributed by atoms with Crippen molar-refractivity contribution in [1.82, 2.24) is 4.98 Å². The highest BCUT2D eigenvalue weighted by atomic mass is 32.1. The van der Waals surface area contributed by atoms with Crippen molar-refractivity contribution in [1.29, 1.82) is 0 Å². The first-order chi connectivity index (χ1) is 12.6. The fraction of sp³-hybridized carbons (Fsp3) is 0.263. The van der Waals surface area contributed by atoms with E-state index in [1.165, 1.54) is 29.5 Å². The van der Waals surface area contributed by atoms with Crippen LogP contribution in [0.3, 0.4) is 0 Å². The molecule has 5 nitrogen and oxygen atoms in total. The molecule has 2 aromatic carbocycles. The first-order valence-corrected chi connectivity index (χ1v) is 9.31. The minimum absolute atomic E-state index is 0.0263. The van der Waals surface area contributed by atoms with Crippen molar-refractivity contribution in [3.05, 3.63) is 48.3 Å². The number of thiazole rings is 1. The van der Waals surface area contributed by atoms with Crippen LogP contribution in [-0.4, -0.2) is 29.1 Å². The number of hydrogen-bond acceptors (Lipinski definition) is 5. The summed E-state index contributed by atoms with van der Waals surface area (Å²) in [5, 5.41) is 13.2. The fourth-order valence-corrected chi connectivity index (χ4v) is 4.22. The number of nitrogens with one attached hydrogen (secondary N) is 1. The summed E-state index contributed by atoms with van der Waals surface area (Å²) in [7, 11) is 0. The molecule has 1 aromatic heterocycles. The second-order valence-corrected chi connectivity index (χ2v) is 7.42. The Hall–Kier alpha value is -2.67. The Labute approximate surface area is 154 Å². The Morgan fingerprint density at radius 3 is 2.81 bits per heavy atom. The normalized spacial score (nSPS) is 15.3. The summed E-state index contributed by atoms with van der Waals surface area (Å²) in [5.41, 5.74) is 1.40.